The van der Waals surface area contributed by atoms with Crippen molar-refractivity contribution in [1.82, 2.24) is 5.32 Å². The summed E-state index contributed by atoms with van der Waals surface area (Å²) >= 11 is 0.878. The monoisotopic (exact) mass is 495 g/mol. The summed E-state index contributed by atoms with van der Waals surface area (Å²) in [6, 6.07) is 5.39. The Balaban J connectivity index is 1.47. The van der Waals surface area contributed by atoms with E-state index in [4.69, 9.17) is 18.9 Å². The van der Waals surface area contributed by atoms with Gasteiger partial charge in [0.15, 0.2) is 11.5 Å². The maximum atomic E-state index is 11.8. The van der Waals surface area contributed by atoms with Crippen LogP contribution < -0.4 is 24.3 Å². The van der Waals surface area contributed by atoms with E-state index in [9.17, 15) is 9.59 Å². The number of amides is 2. The fourth-order valence-electron chi connectivity index (χ4n) is 4.27. The fourth-order valence-corrected chi connectivity index (χ4v) is 4.95. The minimum atomic E-state index is -0.394. The molecule has 1 saturated heterocycles. The average Bonchev–Trinajstić information content (AvgIpc) is 3.17. The number of thioether (sulfide) groups is 1. The molecule has 4 rings (SSSR count). The minimum absolute atomic E-state index is 0.101. The molecular weight excluding hydrogens is 466 g/mol. The molecule has 2 aliphatic rings. The van der Waals surface area contributed by atoms with Gasteiger partial charge in [-0.25, -0.2) is 0 Å². The van der Waals surface area contributed by atoms with Gasteiger partial charge in [0, 0.05) is 5.56 Å². The zero-order chi connectivity index (χ0) is 25.1. The van der Waals surface area contributed by atoms with Crippen molar-refractivity contribution in [2.24, 2.45) is 0 Å². The molecule has 2 amide bonds. The Morgan fingerprint density at radius 1 is 1.14 bits per heavy atom. The SMILES string of the molecule is C=CCOc1c(C)c(C)c2c(c1C)CC[C@@H](COc1ccc(/C=C3/SC(=O)NC3=O)cc1OC)O2. The molecule has 0 bridgehead atoms. The van der Waals surface area contributed by atoms with Crippen molar-refractivity contribution in [2.75, 3.05) is 20.3 Å². The van der Waals surface area contributed by atoms with E-state index < -0.39 is 5.91 Å². The van der Waals surface area contributed by atoms with Crippen LogP contribution in [0.1, 0.15) is 34.2 Å². The summed E-state index contributed by atoms with van der Waals surface area (Å²) < 4.78 is 23.9. The lowest BCUT2D eigenvalue weighted by Gasteiger charge is -2.30. The molecule has 8 heteroatoms. The van der Waals surface area contributed by atoms with Crippen molar-refractivity contribution in [3.05, 3.63) is 63.6 Å². The normalized spacial score (nSPS) is 18.1. The largest absolute Gasteiger partial charge is 0.493 e. The van der Waals surface area contributed by atoms with E-state index in [1.54, 1.807) is 31.4 Å². The van der Waals surface area contributed by atoms with Crippen LogP contribution >= 0.6 is 11.8 Å². The van der Waals surface area contributed by atoms with Crippen LogP contribution in [-0.2, 0) is 11.2 Å². The Labute approximate surface area is 209 Å². The summed E-state index contributed by atoms with van der Waals surface area (Å²) in [4.78, 5) is 23.5. The Kier molecular flexibility index (Phi) is 7.40. The van der Waals surface area contributed by atoms with E-state index in [2.05, 4.69) is 32.7 Å². The number of nitrogens with one attached hydrogen (secondary N) is 1. The smallest absolute Gasteiger partial charge is 0.290 e. The van der Waals surface area contributed by atoms with E-state index in [-0.39, 0.29) is 11.3 Å². The van der Waals surface area contributed by atoms with Crippen LogP contribution in [0.5, 0.6) is 23.0 Å². The third-order valence-corrected chi connectivity index (χ3v) is 7.02. The minimum Gasteiger partial charge on any atom is -0.493 e. The first kappa shape index (κ1) is 24.7. The maximum absolute atomic E-state index is 11.8. The third-order valence-electron chi connectivity index (χ3n) is 6.21. The summed E-state index contributed by atoms with van der Waals surface area (Å²) in [7, 11) is 1.56. The van der Waals surface area contributed by atoms with Gasteiger partial charge in [-0.05, 0) is 85.8 Å². The number of hydrogen-bond acceptors (Lipinski definition) is 7. The standard InChI is InChI=1S/C27H29NO6S/c1-6-11-32-24-15(2)16(3)25-20(17(24)4)9-8-19(34-25)14-33-21-10-7-18(12-22(21)31-5)13-23-26(29)28-27(30)35-23/h6-7,10,12-13,19H,1,8-9,11,14H2,2-5H3,(H,28,29,30)/b23-13+/t19-/m0/s1. The van der Waals surface area contributed by atoms with Crippen molar-refractivity contribution in [1.29, 1.82) is 0 Å². The quantitative estimate of drug-likeness (QED) is 0.394. The lowest BCUT2D eigenvalue weighted by molar-refractivity contribution is -0.115. The van der Waals surface area contributed by atoms with Gasteiger partial charge in [0.05, 0.1) is 12.0 Å². The first-order valence-corrected chi connectivity index (χ1v) is 12.2. The third kappa shape index (κ3) is 5.17. The number of carbonyl (C=O) groups is 2. The molecule has 0 aromatic heterocycles. The molecule has 0 spiro atoms. The maximum Gasteiger partial charge on any atom is 0.290 e. The second-order valence-corrected chi connectivity index (χ2v) is 9.48. The molecule has 2 aromatic rings. The second-order valence-electron chi connectivity index (χ2n) is 8.46. The predicted octanol–water partition coefficient (Wildman–Crippen LogP) is 5.28. The summed E-state index contributed by atoms with van der Waals surface area (Å²) in [6.45, 7) is 10.8. The van der Waals surface area contributed by atoms with Gasteiger partial charge in [-0.2, -0.15) is 0 Å². The van der Waals surface area contributed by atoms with Crippen LogP contribution in [0.15, 0.2) is 35.8 Å². The van der Waals surface area contributed by atoms with E-state index in [1.807, 2.05) is 6.07 Å². The molecule has 0 saturated carbocycles. The van der Waals surface area contributed by atoms with Crippen molar-refractivity contribution in [2.45, 2.75) is 39.7 Å². The highest BCUT2D eigenvalue weighted by molar-refractivity contribution is 8.18. The fraction of sp³-hybridized carbons (Fsp3) is 0.333. The summed E-state index contributed by atoms with van der Waals surface area (Å²) in [5.74, 6) is 2.56. The highest BCUT2D eigenvalue weighted by Gasteiger charge is 2.28. The van der Waals surface area contributed by atoms with Crippen LogP contribution in [0.2, 0.25) is 0 Å². The van der Waals surface area contributed by atoms with E-state index >= 15 is 0 Å². The van der Waals surface area contributed by atoms with Crippen molar-refractivity contribution >= 4 is 29.0 Å². The van der Waals surface area contributed by atoms with Crippen LogP contribution in [0.3, 0.4) is 0 Å². The molecule has 2 heterocycles. The van der Waals surface area contributed by atoms with Crippen LogP contribution in [0, 0.1) is 20.8 Å². The summed E-state index contributed by atoms with van der Waals surface area (Å²) in [6.07, 6.45) is 5.00. The van der Waals surface area contributed by atoms with Gasteiger partial charge in [-0.1, -0.05) is 18.7 Å². The van der Waals surface area contributed by atoms with Gasteiger partial charge >= 0.3 is 0 Å². The molecule has 1 atom stereocenters. The van der Waals surface area contributed by atoms with E-state index in [0.29, 0.717) is 29.6 Å². The number of benzene rings is 2. The topological polar surface area (TPSA) is 83.1 Å². The van der Waals surface area contributed by atoms with Gasteiger partial charge in [-0.3, -0.25) is 14.9 Å². The molecule has 184 valence electrons. The number of imide groups is 1. The molecule has 1 N–H and O–H groups in total. The van der Waals surface area contributed by atoms with Crippen LogP contribution in [0.4, 0.5) is 4.79 Å². The molecule has 35 heavy (non-hydrogen) atoms. The number of ether oxygens (including phenoxy) is 4. The van der Waals surface area contributed by atoms with Gasteiger partial charge in [0.25, 0.3) is 11.1 Å². The zero-order valence-electron chi connectivity index (χ0n) is 20.4. The van der Waals surface area contributed by atoms with Gasteiger partial charge in [0.1, 0.15) is 30.8 Å². The van der Waals surface area contributed by atoms with Gasteiger partial charge < -0.3 is 18.9 Å². The molecule has 0 radical (unpaired) electrons. The Morgan fingerprint density at radius 3 is 2.63 bits per heavy atom. The molecule has 0 unspecified atom stereocenters. The van der Waals surface area contributed by atoms with Crippen LogP contribution in [0.25, 0.3) is 6.08 Å². The number of carbonyl (C=O) groups excluding carboxylic acids is 2. The molecule has 1 fully saturated rings. The predicted molar refractivity (Wildman–Crippen MR) is 137 cm³/mol. The van der Waals surface area contributed by atoms with Crippen LogP contribution in [-0.4, -0.2) is 37.6 Å². The molecular formula is C27H29NO6S. The summed E-state index contributed by atoms with van der Waals surface area (Å²) in [5.41, 5.74) is 5.20. The van der Waals surface area contributed by atoms with Gasteiger partial charge in [0.2, 0.25) is 0 Å². The van der Waals surface area contributed by atoms with E-state index in [1.165, 1.54) is 5.56 Å². The number of rotatable bonds is 8. The molecule has 2 aromatic carbocycles. The Morgan fingerprint density at radius 2 is 1.94 bits per heavy atom. The Bertz CT molecular complexity index is 1220. The number of methoxy groups -OCH3 is 1. The zero-order valence-corrected chi connectivity index (χ0v) is 21.2. The van der Waals surface area contributed by atoms with Gasteiger partial charge in [-0.15, -0.1) is 0 Å². The molecule has 2 aliphatic heterocycles. The number of fused-ring (bicyclic) bond motifs is 1. The van der Waals surface area contributed by atoms with Crippen molar-refractivity contribution in [3.8, 4) is 23.0 Å². The molecule has 0 aliphatic carbocycles. The lowest BCUT2D eigenvalue weighted by atomic mass is 9.91. The highest BCUT2D eigenvalue weighted by atomic mass is 32.2. The first-order chi connectivity index (χ1) is 16.8. The van der Waals surface area contributed by atoms with E-state index in [0.717, 1.165) is 58.4 Å². The Hall–Kier alpha value is -3.39. The second kappa shape index (κ2) is 10.5. The van der Waals surface area contributed by atoms with Crippen molar-refractivity contribution < 1.29 is 28.5 Å². The van der Waals surface area contributed by atoms with Crippen molar-refractivity contribution in [3.63, 3.8) is 0 Å². The average molecular weight is 496 g/mol. The molecule has 7 nitrogen and oxygen atoms in total. The highest BCUT2D eigenvalue weighted by Crippen LogP contribution is 2.41. The lowest BCUT2D eigenvalue weighted by Crippen LogP contribution is -2.30. The number of hydrogen-bond donors (Lipinski definition) is 1. The first-order valence-electron chi connectivity index (χ1n) is 11.4. The summed E-state index contributed by atoms with van der Waals surface area (Å²) in [5, 5.41) is 1.88.